The Kier molecular flexibility index (Phi) is 5.21. The second kappa shape index (κ2) is 6.14. The Morgan fingerprint density at radius 2 is 1.85 bits per heavy atom. The first-order valence-electron chi connectivity index (χ1n) is 5.77. The van der Waals surface area contributed by atoms with E-state index in [0.717, 1.165) is 6.26 Å². The van der Waals surface area contributed by atoms with Crippen molar-refractivity contribution >= 4 is 15.9 Å². The molecule has 1 atom stereocenters. The van der Waals surface area contributed by atoms with Gasteiger partial charge in [0.25, 0.3) is 0 Å². The van der Waals surface area contributed by atoms with Crippen LogP contribution in [0.25, 0.3) is 0 Å². The first-order chi connectivity index (χ1) is 9.05. The Morgan fingerprint density at radius 3 is 2.20 bits per heavy atom. The van der Waals surface area contributed by atoms with E-state index in [4.69, 9.17) is 10.9 Å². The van der Waals surface area contributed by atoms with Crippen LogP contribution < -0.4 is 5.73 Å². The Morgan fingerprint density at radius 1 is 1.35 bits per heavy atom. The summed E-state index contributed by atoms with van der Waals surface area (Å²) >= 11 is 0. The summed E-state index contributed by atoms with van der Waals surface area (Å²) in [5.74, 6) is -2.97. The third kappa shape index (κ3) is 4.49. The topological polar surface area (TPSA) is 99.2 Å². The summed E-state index contributed by atoms with van der Waals surface area (Å²) in [6, 6.07) is 0. The number of alkyl halides is 3. The molecule has 20 heavy (non-hydrogen) atoms. The second-order valence-electron chi connectivity index (χ2n) is 4.58. The molecule has 0 spiro atoms. The highest BCUT2D eigenvalue weighted by molar-refractivity contribution is 7.88. The van der Waals surface area contributed by atoms with Gasteiger partial charge in [-0.3, -0.25) is 4.90 Å². The smallest absolute Gasteiger partial charge is 0.400 e. The number of oxime groups is 1. The minimum absolute atomic E-state index is 0.125. The summed E-state index contributed by atoms with van der Waals surface area (Å²) in [5.41, 5.74) is 5.06. The normalized spacial score (nSPS) is 21.9. The van der Waals surface area contributed by atoms with Gasteiger partial charge in [-0.25, -0.2) is 8.42 Å². The van der Waals surface area contributed by atoms with Gasteiger partial charge in [-0.05, 0) is 0 Å². The van der Waals surface area contributed by atoms with Gasteiger partial charge in [0.15, 0.2) is 5.84 Å². The molecule has 1 heterocycles. The van der Waals surface area contributed by atoms with Gasteiger partial charge in [-0.2, -0.15) is 17.5 Å². The maximum Gasteiger partial charge on any atom is 0.400 e. The predicted molar refractivity (Wildman–Crippen MR) is 65.8 cm³/mol. The van der Waals surface area contributed by atoms with Crippen LogP contribution in [0.2, 0.25) is 0 Å². The average Bonchev–Trinajstić information content (AvgIpc) is 2.33. The number of sulfonamides is 1. The molecular formula is C9H17F3N4O3S. The monoisotopic (exact) mass is 318 g/mol. The van der Waals surface area contributed by atoms with E-state index in [-0.39, 0.29) is 26.2 Å². The molecule has 0 aromatic heterocycles. The van der Waals surface area contributed by atoms with Crippen LogP contribution in [0.3, 0.4) is 0 Å². The predicted octanol–water partition coefficient (Wildman–Crippen LogP) is -0.511. The lowest BCUT2D eigenvalue weighted by Gasteiger charge is -2.35. The van der Waals surface area contributed by atoms with Gasteiger partial charge in [0, 0.05) is 32.7 Å². The Hall–Kier alpha value is -1.07. The summed E-state index contributed by atoms with van der Waals surface area (Å²) in [5, 5.41) is 10.8. The molecule has 0 bridgehead atoms. The Bertz CT molecular complexity index is 458. The largest absolute Gasteiger partial charge is 0.409 e. The van der Waals surface area contributed by atoms with Crippen LogP contribution in [0.15, 0.2) is 5.16 Å². The molecule has 118 valence electrons. The van der Waals surface area contributed by atoms with Crippen LogP contribution in [-0.2, 0) is 10.0 Å². The van der Waals surface area contributed by atoms with Crippen molar-refractivity contribution in [2.75, 3.05) is 39.0 Å². The van der Waals surface area contributed by atoms with Crippen molar-refractivity contribution in [3.63, 3.8) is 0 Å². The first-order valence-corrected chi connectivity index (χ1v) is 7.62. The molecular weight excluding hydrogens is 301 g/mol. The molecule has 11 heteroatoms. The third-order valence-electron chi connectivity index (χ3n) is 3.11. The number of rotatable bonds is 4. The molecule has 1 saturated heterocycles. The SMILES string of the molecule is CS(=O)(=O)N1CCN(CC(C(N)=NO)C(F)(F)F)CC1. The van der Waals surface area contributed by atoms with E-state index in [1.807, 2.05) is 0 Å². The zero-order valence-corrected chi connectivity index (χ0v) is 11.7. The fourth-order valence-electron chi connectivity index (χ4n) is 1.94. The van der Waals surface area contributed by atoms with E-state index in [9.17, 15) is 21.6 Å². The van der Waals surface area contributed by atoms with Crippen LogP contribution in [-0.4, -0.2) is 73.8 Å². The molecule has 0 saturated carbocycles. The van der Waals surface area contributed by atoms with E-state index >= 15 is 0 Å². The molecule has 1 aliphatic heterocycles. The fourth-order valence-corrected chi connectivity index (χ4v) is 2.76. The number of nitrogens with two attached hydrogens (primary N) is 1. The van der Waals surface area contributed by atoms with Crippen LogP contribution in [0.5, 0.6) is 0 Å². The molecule has 3 N–H and O–H groups in total. The minimum Gasteiger partial charge on any atom is -0.409 e. The molecule has 1 rings (SSSR count). The number of amidine groups is 1. The van der Waals surface area contributed by atoms with Crippen molar-refractivity contribution in [3.05, 3.63) is 0 Å². The van der Waals surface area contributed by atoms with Crippen molar-refractivity contribution in [2.45, 2.75) is 6.18 Å². The number of hydrogen-bond acceptors (Lipinski definition) is 5. The lowest BCUT2D eigenvalue weighted by molar-refractivity contribution is -0.160. The highest BCUT2D eigenvalue weighted by Gasteiger charge is 2.44. The van der Waals surface area contributed by atoms with Crippen LogP contribution in [0.1, 0.15) is 0 Å². The maximum absolute atomic E-state index is 12.8. The minimum atomic E-state index is -4.62. The molecule has 0 aromatic rings. The van der Waals surface area contributed by atoms with Gasteiger partial charge >= 0.3 is 6.18 Å². The molecule has 0 aromatic carbocycles. The second-order valence-corrected chi connectivity index (χ2v) is 6.56. The maximum atomic E-state index is 12.8. The number of piperazine rings is 1. The molecule has 0 amide bonds. The highest BCUT2D eigenvalue weighted by atomic mass is 32.2. The Labute approximate surface area is 114 Å². The van der Waals surface area contributed by atoms with E-state index in [1.165, 1.54) is 9.21 Å². The lowest BCUT2D eigenvalue weighted by Crippen LogP contribution is -2.52. The molecule has 1 fully saturated rings. The van der Waals surface area contributed by atoms with Gasteiger partial charge < -0.3 is 10.9 Å². The average molecular weight is 318 g/mol. The first kappa shape index (κ1) is 17.0. The summed E-state index contributed by atoms with van der Waals surface area (Å²) in [7, 11) is -3.33. The van der Waals surface area contributed by atoms with Crippen LogP contribution in [0.4, 0.5) is 13.2 Å². The quantitative estimate of drug-likeness (QED) is 0.315. The van der Waals surface area contributed by atoms with Crippen molar-refractivity contribution in [2.24, 2.45) is 16.8 Å². The molecule has 1 unspecified atom stereocenters. The van der Waals surface area contributed by atoms with Crippen LogP contribution >= 0.6 is 0 Å². The van der Waals surface area contributed by atoms with E-state index in [2.05, 4.69) is 5.16 Å². The molecule has 0 aliphatic carbocycles. The van der Waals surface area contributed by atoms with E-state index < -0.39 is 34.5 Å². The zero-order chi connectivity index (χ0) is 15.6. The van der Waals surface area contributed by atoms with Crippen molar-refractivity contribution < 1.29 is 26.8 Å². The van der Waals surface area contributed by atoms with Crippen molar-refractivity contribution in [3.8, 4) is 0 Å². The summed E-state index contributed by atoms with van der Waals surface area (Å²) in [4.78, 5) is 1.44. The van der Waals surface area contributed by atoms with E-state index in [0.29, 0.717) is 0 Å². The Balaban J connectivity index is 2.66. The molecule has 1 aliphatic rings. The standard InChI is InChI=1S/C9H17F3N4O3S/c1-20(18,19)16-4-2-15(3-5-16)6-7(8(13)14-17)9(10,11)12/h7,17H,2-6H2,1H3,(H2,13,14). The van der Waals surface area contributed by atoms with Crippen molar-refractivity contribution in [1.82, 2.24) is 9.21 Å². The fraction of sp³-hybridized carbons (Fsp3) is 0.889. The van der Waals surface area contributed by atoms with Crippen molar-refractivity contribution in [1.29, 1.82) is 0 Å². The van der Waals surface area contributed by atoms with Crippen LogP contribution in [0, 0.1) is 5.92 Å². The highest BCUT2D eigenvalue weighted by Crippen LogP contribution is 2.27. The van der Waals surface area contributed by atoms with Gasteiger partial charge in [-0.1, -0.05) is 5.16 Å². The van der Waals surface area contributed by atoms with Gasteiger partial charge in [0.05, 0.1) is 6.26 Å². The summed E-state index contributed by atoms with van der Waals surface area (Å²) < 4.78 is 62.1. The number of hydrogen-bond donors (Lipinski definition) is 2. The zero-order valence-electron chi connectivity index (χ0n) is 10.8. The summed E-state index contributed by atoms with van der Waals surface area (Å²) in [6.07, 6.45) is -3.57. The van der Waals surface area contributed by atoms with Gasteiger partial charge in [-0.15, -0.1) is 0 Å². The number of nitrogens with zero attached hydrogens (tertiary/aromatic N) is 3. The van der Waals surface area contributed by atoms with E-state index in [1.54, 1.807) is 0 Å². The molecule has 0 radical (unpaired) electrons. The lowest BCUT2D eigenvalue weighted by atomic mass is 10.1. The van der Waals surface area contributed by atoms with Gasteiger partial charge in [0.1, 0.15) is 5.92 Å². The summed E-state index contributed by atoms with van der Waals surface area (Å²) in [6.45, 7) is 0.118. The van der Waals surface area contributed by atoms with Gasteiger partial charge in [0.2, 0.25) is 10.0 Å². The third-order valence-corrected chi connectivity index (χ3v) is 4.41. The number of halogens is 3. The molecule has 7 nitrogen and oxygen atoms in total.